The lowest BCUT2D eigenvalue weighted by molar-refractivity contribution is -0.660. The third-order valence-electron chi connectivity index (χ3n) is 3.29. The number of benzene rings is 1. The van der Waals surface area contributed by atoms with Crippen LogP contribution in [0.2, 0.25) is 0 Å². The predicted molar refractivity (Wildman–Crippen MR) is 73.2 cm³/mol. The van der Waals surface area contributed by atoms with E-state index < -0.39 is 0 Å². The van der Waals surface area contributed by atoms with E-state index in [0.717, 1.165) is 37.1 Å². The standard InChI is InChI=1S/C15H18N2O2/c1-2-13(16)12-9-11(10-18)6-7-14(12)17-15-5-3-4-8-19-15/h1,6-7,9,15-18H,3-5,8,10H2/p+1. The highest BCUT2D eigenvalue weighted by Gasteiger charge is 2.20. The van der Waals surface area contributed by atoms with Gasteiger partial charge in [-0.15, -0.1) is 6.42 Å². The van der Waals surface area contributed by atoms with Crippen LogP contribution in [0.25, 0.3) is 0 Å². The van der Waals surface area contributed by atoms with Crippen molar-refractivity contribution in [3.63, 3.8) is 0 Å². The maximum Gasteiger partial charge on any atom is 0.194 e. The molecule has 1 heterocycles. The molecule has 19 heavy (non-hydrogen) atoms. The first-order valence-electron chi connectivity index (χ1n) is 6.50. The van der Waals surface area contributed by atoms with Gasteiger partial charge >= 0.3 is 0 Å². The summed E-state index contributed by atoms with van der Waals surface area (Å²) in [6.07, 6.45) is 8.69. The number of quaternary nitrogens is 1. The van der Waals surface area contributed by atoms with Crippen molar-refractivity contribution in [2.45, 2.75) is 32.1 Å². The lowest BCUT2D eigenvalue weighted by Crippen LogP contribution is -2.86. The van der Waals surface area contributed by atoms with Crippen molar-refractivity contribution in [3.05, 3.63) is 29.3 Å². The molecule has 2 rings (SSSR count). The van der Waals surface area contributed by atoms with E-state index in [1.807, 2.05) is 17.4 Å². The zero-order valence-corrected chi connectivity index (χ0v) is 10.9. The average molecular weight is 259 g/mol. The van der Waals surface area contributed by atoms with Crippen LogP contribution < -0.4 is 5.32 Å². The number of hydrogen-bond acceptors (Lipinski definition) is 3. The molecule has 1 fully saturated rings. The monoisotopic (exact) mass is 259 g/mol. The van der Waals surface area contributed by atoms with E-state index in [1.165, 1.54) is 0 Å². The maximum absolute atomic E-state index is 9.17. The Kier molecular flexibility index (Phi) is 4.69. The normalized spacial score (nSPS) is 18.8. The van der Waals surface area contributed by atoms with Gasteiger partial charge in [0.25, 0.3) is 0 Å². The van der Waals surface area contributed by atoms with Crippen molar-refractivity contribution in [2.75, 3.05) is 6.61 Å². The Hall–Kier alpha value is -1.67. The topological polar surface area (TPSA) is 69.9 Å². The van der Waals surface area contributed by atoms with Gasteiger partial charge in [-0.25, -0.2) is 0 Å². The smallest absolute Gasteiger partial charge is 0.194 e. The zero-order valence-electron chi connectivity index (χ0n) is 10.9. The molecule has 1 aromatic carbocycles. The third-order valence-corrected chi connectivity index (χ3v) is 3.29. The maximum atomic E-state index is 9.17. The van der Waals surface area contributed by atoms with Crippen molar-refractivity contribution < 1.29 is 15.2 Å². The fourth-order valence-corrected chi connectivity index (χ4v) is 2.24. The Morgan fingerprint density at radius 1 is 1.53 bits per heavy atom. The minimum atomic E-state index is -0.0505. The number of nitrogens with two attached hydrogens (primary N) is 1. The van der Waals surface area contributed by atoms with Gasteiger partial charge in [0.1, 0.15) is 11.4 Å². The first-order chi connectivity index (χ1) is 9.24. The van der Waals surface area contributed by atoms with Crippen LogP contribution in [0.5, 0.6) is 0 Å². The van der Waals surface area contributed by atoms with Gasteiger partial charge in [-0.2, -0.15) is 0 Å². The molecule has 100 valence electrons. The predicted octanol–water partition coefficient (Wildman–Crippen LogP) is 0.901. The summed E-state index contributed by atoms with van der Waals surface area (Å²) >= 11 is 0. The van der Waals surface area contributed by atoms with E-state index in [9.17, 15) is 5.11 Å². The second-order valence-corrected chi connectivity index (χ2v) is 4.67. The quantitative estimate of drug-likeness (QED) is 0.427. The van der Waals surface area contributed by atoms with E-state index in [0.29, 0.717) is 5.56 Å². The number of terminal acetylenes is 1. The Bertz CT molecular complexity index is 499. The number of nitrogens with one attached hydrogen (secondary N) is 1. The van der Waals surface area contributed by atoms with E-state index in [-0.39, 0.29) is 18.5 Å². The third kappa shape index (κ3) is 3.42. The van der Waals surface area contributed by atoms with Crippen LogP contribution in [-0.4, -0.2) is 23.7 Å². The lowest BCUT2D eigenvalue weighted by atomic mass is 10.0. The molecule has 1 aromatic rings. The SMILES string of the molecule is C#CC(=N)c1cc(CO)ccc1[NH2+]C1CCCCO1. The van der Waals surface area contributed by atoms with Gasteiger partial charge in [0.15, 0.2) is 6.23 Å². The summed E-state index contributed by atoms with van der Waals surface area (Å²) in [5.41, 5.74) is 2.49. The van der Waals surface area contributed by atoms with Crippen molar-refractivity contribution in [2.24, 2.45) is 0 Å². The van der Waals surface area contributed by atoms with Crippen LogP contribution in [0.4, 0.5) is 5.69 Å². The number of hydrogen-bond donors (Lipinski definition) is 3. The highest BCUT2D eigenvalue weighted by Crippen LogP contribution is 2.16. The molecule has 0 aromatic heterocycles. The molecule has 1 atom stereocenters. The van der Waals surface area contributed by atoms with Crippen LogP contribution >= 0.6 is 0 Å². The lowest BCUT2D eigenvalue weighted by Gasteiger charge is -2.21. The summed E-state index contributed by atoms with van der Waals surface area (Å²) in [7, 11) is 0. The second-order valence-electron chi connectivity index (χ2n) is 4.67. The van der Waals surface area contributed by atoms with Gasteiger partial charge in [0.2, 0.25) is 0 Å². The number of ether oxygens (including phenoxy) is 1. The highest BCUT2D eigenvalue weighted by atomic mass is 16.5. The van der Waals surface area contributed by atoms with E-state index in [1.54, 1.807) is 6.07 Å². The molecule has 4 heteroatoms. The largest absolute Gasteiger partial charge is 0.392 e. The molecule has 0 aliphatic carbocycles. The van der Waals surface area contributed by atoms with Crippen molar-refractivity contribution in [1.82, 2.24) is 0 Å². The van der Waals surface area contributed by atoms with Gasteiger partial charge in [0.05, 0.1) is 18.8 Å². The second kappa shape index (κ2) is 6.48. The van der Waals surface area contributed by atoms with Gasteiger partial charge in [0, 0.05) is 12.5 Å². The Morgan fingerprint density at radius 3 is 3.00 bits per heavy atom. The van der Waals surface area contributed by atoms with Crippen LogP contribution in [-0.2, 0) is 11.3 Å². The van der Waals surface area contributed by atoms with E-state index >= 15 is 0 Å². The van der Waals surface area contributed by atoms with Gasteiger partial charge < -0.3 is 9.84 Å². The molecule has 0 radical (unpaired) electrons. The number of aliphatic hydroxyl groups excluding tert-OH is 1. The molecular formula is C15H19N2O2+. The van der Waals surface area contributed by atoms with Gasteiger partial charge in [-0.05, 0) is 24.5 Å². The Balaban J connectivity index is 2.23. The summed E-state index contributed by atoms with van der Waals surface area (Å²) in [5, 5.41) is 19.0. The molecule has 0 saturated carbocycles. The van der Waals surface area contributed by atoms with Crippen LogP contribution in [0.1, 0.15) is 30.4 Å². The summed E-state index contributed by atoms with van der Waals surface area (Å²) in [4.78, 5) is 0. The van der Waals surface area contributed by atoms with Crippen LogP contribution in [0.15, 0.2) is 18.2 Å². The minimum absolute atomic E-state index is 0.0505. The number of rotatable bonds is 4. The highest BCUT2D eigenvalue weighted by molar-refractivity contribution is 6.13. The summed E-state index contributed by atoms with van der Waals surface area (Å²) in [6.45, 7) is 0.739. The first-order valence-corrected chi connectivity index (χ1v) is 6.50. The van der Waals surface area contributed by atoms with Crippen LogP contribution in [0, 0.1) is 17.8 Å². The van der Waals surface area contributed by atoms with Crippen LogP contribution in [0.3, 0.4) is 0 Å². The summed E-state index contributed by atoms with van der Waals surface area (Å²) in [5.74, 6) is 2.35. The molecule has 0 spiro atoms. The summed E-state index contributed by atoms with van der Waals surface area (Å²) in [6, 6.07) is 5.52. The zero-order chi connectivity index (χ0) is 13.7. The Morgan fingerprint density at radius 2 is 2.37 bits per heavy atom. The molecular weight excluding hydrogens is 240 g/mol. The average Bonchev–Trinajstić information content (AvgIpc) is 2.48. The van der Waals surface area contributed by atoms with Crippen molar-refractivity contribution in [3.8, 4) is 12.3 Å². The van der Waals surface area contributed by atoms with E-state index in [4.69, 9.17) is 16.6 Å². The molecule has 4 nitrogen and oxygen atoms in total. The van der Waals surface area contributed by atoms with Gasteiger partial charge in [-0.3, -0.25) is 10.7 Å². The fourth-order valence-electron chi connectivity index (χ4n) is 2.24. The van der Waals surface area contributed by atoms with Crippen molar-refractivity contribution >= 4 is 11.4 Å². The molecule has 0 amide bonds. The first kappa shape index (κ1) is 13.8. The van der Waals surface area contributed by atoms with E-state index in [2.05, 4.69) is 5.92 Å². The molecule has 4 N–H and O–H groups in total. The molecule has 1 unspecified atom stereocenters. The molecule has 1 aliphatic heterocycles. The fraction of sp³-hybridized carbons (Fsp3) is 0.400. The molecule has 1 saturated heterocycles. The Labute approximate surface area is 113 Å². The number of aliphatic hydroxyl groups is 1. The van der Waals surface area contributed by atoms with Gasteiger partial charge in [-0.1, -0.05) is 12.0 Å². The minimum Gasteiger partial charge on any atom is -0.392 e. The summed E-state index contributed by atoms with van der Waals surface area (Å²) < 4.78 is 5.68. The van der Waals surface area contributed by atoms with Crippen molar-refractivity contribution in [1.29, 1.82) is 5.41 Å². The molecule has 1 aliphatic rings. The molecule has 0 bridgehead atoms.